The Morgan fingerprint density at radius 1 is 1.50 bits per heavy atom. The normalized spacial score (nSPS) is 19.1. The van der Waals surface area contributed by atoms with Gasteiger partial charge in [0.25, 0.3) is 0 Å². The molecule has 4 nitrogen and oxygen atoms in total. The van der Waals surface area contributed by atoms with Crippen LogP contribution in [0.25, 0.3) is 0 Å². The Bertz CT molecular complexity index is 144. The maximum absolute atomic E-state index is 10.3. The van der Waals surface area contributed by atoms with E-state index >= 15 is 0 Å². The molecular weight excluding hydrogens is 156 g/mol. The lowest BCUT2D eigenvalue weighted by molar-refractivity contribution is -0.116. The Hall–Kier alpha value is -0.610. The van der Waals surface area contributed by atoms with Crippen LogP contribution in [0.5, 0.6) is 0 Å². The Morgan fingerprint density at radius 2 is 2.17 bits per heavy atom. The highest BCUT2D eigenvalue weighted by molar-refractivity contribution is 5.79. The topological polar surface area (TPSA) is 41.6 Å². The standard InChI is InChI=1S/C8H14N2O2/c1-8(11)9-2-3-10-4-6-12-7-5-10/h1H,2-7H2,(H,9,11). The van der Waals surface area contributed by atoms with Crippen LogP contribution in [-0.4, -0.2) is 50.2 Å². The van der Waals surface area contributed by atoms with Gasteiger partial charge in [0.15, 0.2) is 0 Å². The van der Waals surface area contributed by atoms with Crippen molar-refractivity contribution in [2.75, 3.05) is 39.4 Å². The Balaban J connectivity index is 2.01. The highest BCUT2D eigenvalue weighted by atomic mass is 16.5. The van der Waals surface area contributed by atoms with Crippen molar-refractivity contribution in [2.24, 2.45) is 0 Å². The van der Waals surface area contributed by atoms with Gasteiger partial charge in [0, 0.05) is 26.2 Å². The average Bonchev–Trinajstić information content (AvgIpc) is 2.05. The second-order valence-corrected chi connectivity index (χ2v) is 2.75. The molecule has 0 unspecified atom stereocenters. The van der Waals surface area contributed by atoms with Gasteiger partial charge in [-0.25, -0.2) is 0 Å². The molecule has 0 atom stereocenters. The van der Waals surface area contributed by atoms with Gasteiger partial charge >= 0.3 is 0 Å². The SMILES string of the molecule is [CH]C(=O)NCCN1CCOCC1. The number of hydrogen-bond donors (Lipinski definition) is 1. The van der Waals surface area contributed by atoms with Gasteiger partial charge in [0.1, 0.15) is 0 Å². The summed E-state index contributed by atoms with van der Waals surface area (Å²) in [6.07, 6.45) is 0. The molecule has 1 N–H and O–H groups in total. The first-order valence-corrected chi connectivity index (χ1v) is 4.12. The Kier molecular flexibility index (Phi) is 4.04. The van der Waals surface area contributed by atoms with Crippen LogP contribution >= 0.6 is 0 Å². The molecule has 0 aromatic rings. The predicted molar refractivity (Wildman–Crippen MR) is 44.6 cm³/mol. The van der Waals surface area contributed by atoms with Crippen molar-refractivity contribution in [2.45, 2.75) is 0 Å². The second kappa shape index (κ2) is 5.11. The molecule has 1 aliphatic rings. The summed E-state index contributed by atoms with van der Waals surface area (Å²) in [5, 5.41) is 2.55. The van der Waals surface area contributed by atoms with Crippen molar-refractivity contribution in [3.63, 3.8) is 0 Å². The maximum atomic E-state index is 10.3. The number of morpholine rings is 1. The van der Waals surface area contributed by atoms with Gasteiger partial charge < -0.3 is 10.1 Å². The number of carbonyl (C=O) groups is 1. The monoisotopic (exact) mass is 170 g/mol. The molecule has 12 heavy (non-hydrogen) atoms. The van der Waals surface area contributed by atoms with E-state index in [-0.39, 0.29) is 0 Å². The van der Waals surface area contributed by atoms with Crippen LogP contribution in [0.2, 0.25) is 0 Å². The van der Waals surface area contributed by atoms with Crippen LogP contribution in [0.1, 0.15) is 0 Å². The van der Waals surface area contributed by atoms with Crippen LogP contribution in [-0.2, 0) is 9.53 Å². The van der Waals surface area contributed by atoms with Gasteiger partial charge in [-0.3, -0.25) is 9.69 Å². The second-order valence-electron chi connectivity index (χ2n) is 2.75. The molecule has 0 spiro atoms. The summed E-state index contributed by atoms with van der Waals surface area (Å²) >= 11 is 0. The molecule has 0 aromatic heterocycles. The number of ether oxygens (including phenoxy) is 1. The average molecular weight is 170 g/mol. The third-order valence-electron chi connectivity index (χ3n) is 1.83. The summed E-state index contributed by atoms with van der Waals surface area (Å²) in [7, 11) is 0. The first-order chi connectivity index (χ1) is 5.79. The lowest BCUT2D eigenvalue weighted by Gasteiger charge is -2.26. The van der Waals surface area contributed by atoms with E-state index in [9.17, 15) is 4.79 Å². The van der Waals surface area contributed by atoms with Crippen molar-refractivity contribution < 1.29 is 9.53 Å². The minimum Gasteiger partial charge on any atom is -0.379 e. The van der Waals surface area contributed by atoms with Crippen LogP contribution in [0, 0.1) is 6.92 Å². The molecule has 2 radical (unpaired) electrons. The molecule has 1 rings (SSSR count). The van der Waals surface area contributed by atoms with E-state index in [1.807, 2.05) is 0 Å². The molecular formula is C8H14N2O2. The van der Waals surface area contributed by atoms with Crippen molar-refractivity contribution in [3.05, 3.63) is 6.92 Å². The summed E-state index contributed by atoms with van der Waals surface area (Å²) in [4.78, 5) is 12.5. The van der Waals surface area contributed by atoms with Gasteiger partial charge in [-0.15, -0.1) is 0 Å². The minimum absolute atomic E-state index is 0.455. The summed E-state index contributed by atoms with van der Waals surface area (Å²) in [5.74, 6) is -0.455. The van der Waals surface area contributed by atoms with Gasteiger partial charge in [0.05, 0.1) is 20.1 Å². The number of carbonyl (C=O) groups excluding carboxylic acids is 1. The molecule has 0 aromatic carbocycles. The lowest BCUT2D eigenvalue weighted by Crippen LogP contribution is -2.41. The van der Waals surface area contributed by atoms with Crippen LogP contribution in [0.4, 0.5) is 0 Å². The van der Waals surface area contributed by atoms with E-state index in [0.29, 0.717) is 6.54 Å². The number of hydrogen-bond acceptors (Lipinski definition) is 3. The van der Waals surface area contributed by atoms with E-state index in [2.05, 4.69) is 10.2 Å². The molecule has 1 saturated heterocycles. The maximum Gasteiger partial charge on any atom is 0.224 e. The molecule has 1 aliphatic heterocycles. The molecule has 0 saturated carbocycles. The van der Waals surface area contributed by atoms with Crippen LogP contribution < -0.4 is 5.32 Å². The first-order valence-electron chi connectivity index (χ1n) is 4.12. The fourth-order valence-electron chi connectivity index (χ4n) is 1.16. The highest BCUT2D eigenvalue weighted by Crippen LogP contribution is 1.94. The molecule has 1 amide bonds. The number of nitrogens with zero attached hydrogens (tertiary/aromatic N) is 1. The number of amides is 1. The van der Waals surface area contributed by atoms with Gasteiger partial charge in [-0.1, -0.05) is 0 Å². The first kappa shape index (κ1) is 9.48. The number of nitrogens with one attached hydrogen (secondary N) is 1. The summed E-state index contributed by atoms with van der Waals surface area (Å²) in [6.45, 7) is 9.85. The van der Waals surface area contributed by atoms with E-state index in [0.717, 1.165) is 32.8 Å². The van der Waals surface area contributed by atoms with E-state index in [1.54, 1.807) is 0 Å². The summed E-state index contributed by atoms with van der Waals surface area (Å²) < 4.78 is 5.17. The van der Waals surface area contributed by atoms with Gasteiger partial charge in [0.2, 0.25) is 5.91 Å². The van der Waals surface area contributed by atoms with Crippen molar-refractivity contribution in [3.8, 4) is 0 Å². The van der Waals surface area contributed by atoms with E-state index in [1.165, 1.54) is 0 Å². The van der Waals surface area contributed by atoms with Gasteiger partial charge in [-0.05, 0) is 0 Å². The van der Waals surface area contributed by atoms with Crippen molar-refractivity contribution in [1.82, 2.24) is 10.2 Å². The smallest absolute Gasteiger partial charge is 0.224 e. The molecule has 4 heteroatoms. The zero-order valence-electron chi connectivity index (χ0n) is 7.08. The van der Waals surface area contributed by atoms with Crippen LogP contribution in [0.3, 0.4) is 0 Å². The molecule has 1 heterocycles. The fourth-order valence-corrected chi connectivity index (χ4v) is 1.16. The highest BCUT2D eigenvalue weighted by Gasteiger charge is 2.08. The number of rotatable bonds is 3. The fraction of sp³-hybridized carbons (Fsp3) is 0.750. The predicted octanol–water partition coefficient (Wildman–Crippen LogP) is -0.854. The quantitative estimate of drug-likeness (QED) is 0.599. The molecule has 68 valence electrons. The summed E-state index contributed by atoms with van der Waals surface area (Å²) in [5.41, 5.74) is 0. The molecule has 0 aliphatic carbocycles. The van der Waals surface area contributed by atoms with E-state index in [4.69, 9.17) is 11.7 Å². The third kappa shape index (κ3) is 3.69. The van der Waals surface area contributed by atoms with Crippen LogP contribution in [0.15, 0.2) is 0 Å². The lowest BCUT2D eigenvalue weighted by atomic mass is 10.4. The summed E-state index contributed by atoms with van der Waals surface area (Å²) in [6, 6.07) is 0. The minimum atomic E-state index is -0.455. The Labute approximate surface area is 72.9 Å². The van der Waals surface area contributed by atoms with Crippen molar-refractivity contribution in [1.29, 1.82) is 0 Å². The Morgan fingerprint density at radius 3 is 2.75 bits per heavy atom. The molecule has 1 fully saturated rings. The largest absolute Gasteiger partial charge is 0.379 e. The van der Waals surface area contributed by atoms with E-state index < -0.39 is 5.91 Å². The molecule has 0 bridgehead atoms. The van der Waals surface area contributed by atoms with Gasteiger partial charge in [-0.2, -0.15) is 0 Å². The third-order valence-corrected chi connectivity index (χ3v) is 1.83. The zero-order valence-corrected chi connectivity index (χ0v) is 7.08. The van der Waals surface area contributed by atoms with Crippen molar-refractivity contribution >= 4 is 5.91 Å². The zero-order chi connectivity index (χ0) is 8.81.